The number of ketones is 2. The highest BCUT2D eigenvalue weighted by Crippen LogP contribution is 2.34. The highest BCUT2D eigenvalue weighted by atomic mass is 79.9. The third-order valence-corrected chi connectivity index (χ3v) is 4.90. The molecule has 1 aliphatic carbocycles. The summed E-state index contributed by atoms with van der Waals surface area (Å²) >= 11 is 3.32. The highest BCUT2D eigenvalue weighted by Gasteiger charge is 2.39. The number of halogens is 1. The van der Waals surface area contributed by atoms with Gasteiger partial charge in [-0.1, -0.05) is 0 Å². The van der Waals surface area contributed by atoms with E-state index in [0.717, 1.165) is 0 Å². The van der Waals surface area contributed by atoms with Gasteiger partial charge in [0, 0.05) is 16.9 Å². The number of fused-ring (bicyclic) bond motifs is 4. The quantitative estimate of drug-likeness (QED) is 0.456. The Kier molecular flexibility index (Phi) is 4.58. The van der Waals surface area contributed by atoms with Gasteiger partial charge in [-0.25, -0.2) is 4.79 Å². The summed E-state index contributed by atoms with van der Waals surface area (Å²) in [6, 6.07) is 6.27. The first-order valence-corrected chi connectivity index (χ1v) is 9.07. The summed E-state index contributed by atoms with van der Waals surface area (Å²) in [6.07, 6.45) is 1.75. The second-order valence-corrected chi connectivity index (χ2v) is 7.11. The molecule has 28 heavy (non-hydrogen) atoms. The largest absolute Gasteiger partial charge is 0.459 e. The summed E-state index contributed by atoms with van der Waals surface area (Å²) in [5.74, 6) is -1.86. The van der Waals surface area contributed by atoms with Crippen molar-refractivity contribution in [2.45, 2.75) is 6.10 Å². The predicted molar refractivity (Wildman–Crippen MR) is 99.6 cm³/mol. The highest BCUT2D eigenvalue weighted by molar-refractivity contribution is 9.10. The van der Waals surface area contributed by atoms with E-state index in [1.807, 2.05) is 0 Å². The average molecular weight is 445 g/mol. The SMILES string of the molecule is O=C1c2cccnc2C(=O)c2c1c(C(=O)OCC(O)CO)c1ccc(Br)cn21. The molecule has 1 atom stereocenters. The number of hydrogen-bond acceptors (Lipinski definition) is 7. The fourth-order valence-electron chi connectivity index (χ4n) is 3.19. The van der Waals surface area contributed by atoms with Crippen LogP contribution in [0.1, 0.15) is 42.5 Å². The molecule has 0 spiro atoms. The molecule has 0 bridgehead atoms. The van der Waals surface area contributed by atoms with Gasteiger partial charge in [0.1, 0.15) is 24.1 Å². The maximum atomic E-state index is 13.1. The lowest BCUT2D eigenvalue weighted by atomic mass is 9.89. The summed E-state index contributed by atoms with van der Waals surface area (Å²) < 4.78 is 7.16. The molecule has 0 saturated heterocycles. The molecule has 142 valence electrons. The molecule has 2 N–H and O–H groups in total. The Morgan fingerprint density at radius 3 is 2.79 bits per heavy atom. The summed E-state index contributed by atoms with van der Waals surface area (Å²) in [6.45, 7) is -1.02. The number of carbonyl (C=O) groups is 3. The van der Waals surface area contributed by atoms with Crippen LogP contribution >= 0.6 is 15.9 Å². The smallest absolute Gasteiger partial charge is 0.341 e. The molecule has 0 aromatic carbocycles. The second kappa shape index (κ2) is 6.93. The van der Waals surface area contributed by atoms with E-state index in [1.165, 1.54) is 22.7 Å². The minimum atomic E-state index is -1.25. The van der Waals surface area contributed by atoms with Crippen LogP contribution in [0.3, 0.4) is 0 Å². The normalized spacial score (nSPS) is 14.0. The number of nitrogens with zero attached hydrogens (tertiary/aromatic N) is 2. The van der Waals surface area contributed by atoms with E-state index in [9.17, 15) is 19.5 Å². The van der Waals surface area contributed by atoms with Crippen molar-refractivity contribution in [3.05, 3.63) is 69.2 Å². The van der Waals surface area contributed by atoms with Crippen LogP contribution in [0, 0.1) is 0 Å². The Balaban J connectivity index is 1.95. The first-order valence-electron chi connectivity index (χ1n) is 8.28. The summed E-state index contributed by atoms with van der Waals surface area (Å²) in [5, 5.41) is 18.4. The molecule has 0 radical (unpaired) electrons. The summed E-state index contributed by atoms with van der Waals surface area (Å²) in [7, 11) is 0. The van der Waals surface area contributed by atoms with E-state index in [0.29, 0.717) is 9.99 Å². The maximum absolute atomic E-state index is 13.1. The van der Waals surface area contributed by atoms with Crippen LogP contribution in [-0.4, -0.2) is 56.5 Å². The molecule has 3 aromatic heterocycles. The monoisotopic (exact) mass is 444 g/mol. The van der Waals surface area contributed by atoms with Gasteiger partial charge < -0.3 is 19.4 Å². The van der Waals surface area contributed by atoms with Crippen LogP contribution < -0.4 is 0 Å². The van der Waals surface area contributed by atoms with Crippen molar-refractivity contribution in [2.24, 2.45) is 0 Å². The van der Waals surface area contributed by atoms with E-state index >= 15 is 0 Å². The van der Waals surface area contributed by atoms with Crippen molar-refractivity contribution >= 4 is 39.0 Å². The molecule has 8 nitrogen and oxygen atoms in total. The van der Waals surface area contributed by atoms with Crippen molar-refractivity contribution in [3.63, 3.8) is 0 Å². The topological polar surface area (TPSA) is 118 Å². The van der Waals surface area contributed by atoms with Gasteiger partial charge in [-0.05, 0) is 40.2 Å². The van der Waals surface area contributed by atoms with Crippen molar-refractivity contribution < 1.29 is 29.3 Å². The van der Waals surface area contributed by atoms with E-state index in [-0.39, 0.29) is 28.1 Å². The molecule has 1 aliphatic rings. The van der Waals surface area contributed by atoms with Gasteiger partial charge >= 0.3 is 5.97 Å². The average Bonchev–Trinajstić information content (AvgIpc) is 3.04. The fraction of sp³-hybridized carbons (Fsp3) is 0.158. The minimum Gasteiger partial charge on any atom is -0.459 e. The molecule has 0 amide bonds. The van der Waals surface area contributed by atoms with Gasteiger partial charge in [0.25, 0.3) is 0 Å². The van der Waals surface area contributed by atoms with Gasteiger partial charge in [-0.15, -0.1) is 0 Å². The number of aliphatic hydroxyl groups excluding tert-OH is 2. The first kappa shape index (κ1) is 18.5. The maximum Gasteiger partial charge on any atom is 0.341 e. The third kappa shape index (κ3) is 2.75. The summed E-state index contributed by atoms with van der Waals surface area (Å²) in [4.78, 5) is 42.9. The molecule has 1 unspecified atom stereocenters. The van der Waals surface area contributed by atoms with Crippen LogP contribution in [-0.2, 0) is 4.74 Å². The Bertz CT molecular complexity index is 1150. The van der Waals surface area contributed by atoms with Crippen LogP contribution in [0.15, 0.2) is 41.1 Å². The number of esters is 1. The van der Waals surface area contributed by atoms with Gasteiger partial charge in [-0.2, -0.15) is 0 Å². The molecule has 9 heteroatoms. The number of aliphatic hydroxyl groups is 2. The zero-order chi connectivity index (χ0) is 20.0. The van der Waals surface area contributed by atoms with Crippen molar-refractivity contribution in [1.29, 1.82) is 0 Å². The molecular formula is C19H13BrN2O6. The number of rotatable bonds is 4. The Labute approximate surface area is 166 Å². The molecule has 4 rings (SSSR count). The minimum absolute atomic E-state index is 0.0231. The number of carbonyl (C=O) groups excluding carboxylic acids is 3. The molecule has 3 aromatic rings. The number of aromatic nitrogens is 2. The van der Waals surface area contributed by atoms with Crippen LogP contribution in [0.4, 0.5) is 0 Å². The van der Waals surface area contributed by atoms with Gasteiger partial charge in [0.2, 0.25) is 5.78 Å². The van der Waals surface area contributed by atoms with Crippen LogP contribution in [0.2, 0.25) is 0 Å². The van der Waals surface area contributed by atoms with Crippen molar-refractivity contribution in [3.8, 4) is 0 Å². The molecule has 0 aliphatic heterocycles. The van der Waals surface area contributed by atoms with Gasteiger partial charge in [0.15, 0.2) is 5.78 Å². The van der Waals surface area contributed by atoms with E-state index in [4.69, 9.17) is 9.84 Å². The number of pyridine rings is 2. The summed E-state index contributed by atoms with van der Waals surface area (Å²) in [5.41, 5.74) is 0.343. The zero-order valence-electron chi connectivity index (χ0n) is 14.3. The van der Waals surface area contributed by atoms with Gasteiger partial charge in [0.05, 0.1) is 28.8 Å². The zero-order valence-corrected chi connectivity index (χ0v) is 15.8. The third-order valence-electron chi connectivity index (χ3n) is 4.43. The van der Waals surface area contributed by atoms with Gasteiger partial charge in [-0.3, -0.25) is 14.6 Å². The fourth-order valence-corrected chi connectivity index (χ4v) is 3.53. The second-order valence-electron chi connectivity index (χ2n) is 6.19. The Morgan fingerprint density at radius 1 is 1.25 bits per heavy atom. The first-order chi connectivity index (χ1) is 13.4. The lowest BCUT2D eigenvalue weighted by Gasteiger charge is -2.14. The van der Waals surface area contributed by atoms with Crippen molar-refractivity contribution in [2.75, 3.05) is 13.2 Å². The molecular weight excluding hydrogens is 432 g/mol. The van der Waals surface area contributed by atoms with Crippen LogP contribution in [0.5, 0.6) is 0 Å². The van der Waals surface area contributed by atoms with Crippen molar-refractivity contribution in [1.82, 2.24) is 9.38 Å². The standard InChI is InChI=1S/C19H13BrN2O6/c20-9-3-4-12-13(19(27)28-8-10(24)7-23)14-16(22(12)6-9)18(26)15-11(17(14)25)2-1-5-21-15/h1-6,10,23-24H,7-8H2. The number of hydrogen-bond donors (Lipinski definition) is 2. The lowest BCUT2D eigenvalue weighted by molar-refractivity contribution is 0.00940. The molecule has 0 saturated carbocycles. The Morgan fingerprint density at radius 2 is 2.04 bits per heavy atom. The number of ether oxygens (including phenoxy) is 1. The van der Waals surface area contributed by atoms with E-state index in [1.54, 1.807) is 18.3 Å². The van der Waals surface area contributed by atoms with E-state index in [2.05, 4.69) is 20.9 Å². The molecule has 0 fully saturated rings. The van der Waals surface area contributed by atoms with E-state index < -0.39 is 36.9 Å². The lowest BCUT2D eigenvalue weighted by Crippen LogP contribution is -2.25. The molecule has 3 heterocycles. The van der Waals surface area contributed by atoms with Crippen LogP contribution in [0.25, 0.3) is 5.52 Å². The Hall–Kier alpha value is -2.88. The predicted octanol–water partition coefficient (Wildman–Crippen LogP) is 1.38.